The van der Waals surface area contributed by atoms with Gasteiger partial charge in [-0.3, -0.25) is 9.89 Å². The van der Waals surface area contributed by atoms with Gasteiger partial charge < -0.3 is 15.8 Å². The summed E-state index contributed by atoms with van der Waals surface area (Å²) in [4.78, 5) is 6.76. The van der Waals surface area contributed by atoms with Crippen molar-refractivity contribution in [1.29, 1.82) is 0 Å². The van der Waals surface area contributed by atoms with Crippen LogP contribution in [0.2, 0.25) is 0 Å². The molecule has 1 heterocycles. The number of nitrogens with two attached hydrogens (primary N) is 1. The van der Waals surface area contributed by atoms with E-state index in [1.165, 1.54) is 30.4 Å². The van der Waals surface area contributed by atoms with Crippen LogP contribution in [-0.2, 0) is 17.6 Å². The average molecular weight is 288 g/mol. The van der Waals surface area contributed by atoms with E-state index in [9.17, 15) is 0 Å². The lowest BCUT2D eigenvalue weighted by Gasteiger charge is -2.25. The molecule has 5 heteroatoms. The number of anilines is 1. The van der Waals surface area contributed by atoms with Gasteiger partial charge in [-0.2, -0.15) is 0 Å². The molecule has 0 unspecified atom stereocenters. The Bertz CT molecular complexity index is 509. The van der Waals surface area contributed by atoms with Crippen LogP contribution in [0.4, 0.5) is 5.69 Å². The van der Waals surface area contributed by atoms with E-state index in [4.69, 9.17) is 10.5 Å². The number of rotatable bonds is 4. The van der Waals surface area contributed by atoms with Gasteiger partial charge in [0.25, 0.3) is 0 Å². The highest BCUT2D eigenvalue weighted by molar-refractivity contribution is 5.92. The number of guanidine groups is 1. The Balaban J connectivity index is 1.48. The first kappa shape index (κ1) is 14.4. The highest BCUT2D eigenvalue weighted by Gasteiger charge is 2.11. The molecular weight excluding hydrogens is 264 g/mol. The molecule has 0 saturated carbocycles. The smallest absolute Gasteiger partial charge is 0.193 e. The Kier molecular flexibility index (Phi) is 4.72. The summed E-state index contributed by atoms with van der Waals surface area (Å²) in [6.07, 6.45) is 3.65. The van der Waals surface area contributed by atoms with Gasteiger partial charge in [0.15, 0.2) is 5.96 Å². The van der Waals surface area contributed by atoms with Gasteiger partial charge in [-0.05, 0) is 42.5 Å². The summed E-state index contributed by atoms with van der Waals surface area (Å²) in [7, 11) is 0. The number of morpholine rings is 1. The minimum Gasteiger partial charge on any atom is -0.379 e. The van der Waals surface area contributed by atoms with Crippen molar-refractivity contribution >= 4 is 11.6 Å². The van der Waals surface area contributed by atoms with Crippen LogP contribution in [0.5, 0.6) is 0 Å². The molecule has 3 rings (SSSR count). The second-order valence-electron chi connectivity index (χ2n) is 5.68. The predicted octanol–water partition coefficient (Wildman–Crippen LogP) is 1.23. The molecule has 1 aliphatic carbocycles. The number of aliphatic imine (C=N–C) groups is 1. The Morgan fingerprint density at radius 1 is 1.24 bits per heavy atom. The molecule has 1 saturated heterocycles. The van der Waals surface area contributed by atoms with Gasteiger partial charge in [-0.15, -0.1) is 0 Å². The van der Waals surface area contributed by atoms with Gasteiger partial charge in [0.05, 0.1) is 19.8 Å². The topological polar surface area (TPSA) is 62.9 Å². The van der Waals surface area contributed by atoms with Gasteiger partial charge in [-0.1, -0.05) is 6.07 Å². The normalized spacial score (nSPS) is 19.5. The summed E-state index contributed by atoms with van der Waals surface area (Å²) in [5.74, 6) is 0.501. The molecule has 0 spiro atoms. The maximum atomic E-state index is 5.96. The Hall–Kier alpha value is -1.59. The van der Waals surface area contributed by atoms with Gasteiger partial charge >= 0.3 is 0 Å². The molecule has 0 aromatic heterocycles. The summed E-state index contributed by atoms with van der Waals surface area (Å²) < 4.78 is 5.33. The summed E-state index contributed by atoms with van der Waals surface area (Å²) in [6, 6.07) is 6.49. The van der Waals surface area contributed by atoms with E-state index < -0.39 is 0 Å². The van der Waals surface area contributed by atoms with Crippen LogP contribution in [0.25, 0.3) is 0 Å². The minimum atomic E-state index is 0.501. The summed E-state index contributed by atoms with van der Waals surface area (Å²) in [5.41, 5.74) is 9.93. The van der Waals surface area contributed by atoms with Crippen LogP contribution in [0, 0.1) is 0 Å². The monoisotopic (exact) mass is 288 g/mol. The molecule has 3 N–H and O–H groups in total. The van der Waals surface area contributed by atoms with Gasteiger partial charge in [0.1, 0.15) is 0 Å². The van der Waals surface area contributed by atoms with Crippen molar-refractivity contribution in [1.82, 2.24) is 4.90 Å². The Labute approximate surface area is 126 Å². The lowest BCUT2D eigenvalue weighted by Crippen LogP contribution is -2.38. The standard InChI is InChI=1S/C16H24N4O/c17-16(18-6-7-20-8-10-21-11-9-20)19-15-5-4-13-2-1-3-14(13)12-15/h4-5,12H,1-3,6-11H2,(H3,17,18,19). The van der Waals surface area contributed by atoms with Crippen LogP contribution in [0.1, 0.15) is 17.5 Å². The number of ether oxygens (including phenoxy) is 1. The third-order valence-corrected chi connectivity index (χ3v) is 4.17. The number of benzene rings is 1. The van der Waals surface area contributed by atoms with Crippen molar-refractivity contribution in [3.8, 4) is 0 Å². The van der Waals surface area contributed by atoms with Crippen molar-refractivity contribution in [2.75, 3.05) is 44.7 Å². The van der Waals surface area contributed by atoms with Crippen molar-refractivity contribution in [2.45, 2.75) is 19.3 Å². The van der Waals surface area contributed by atoms with Crippen molar-refractivity contribution in [2.24, 2.45) is 10.7 Å². The maximum absolute atomic E-state index is 5.96. The van der Waals surface area contributed by atoms with Crippen LogP contribution in [0.15, 0.2) is 23.2 Å². The highest BCUT2D eigenvalue weighted by Crippen LogP contribution is 2.24. The molecule has 5 nitrogen and oxygen atoms in total. The zero-order chi connectivity index (χ0) is 14.5. The Morgan fingerprint density at radius 2 is 2.05 bits per heavy atom. The number of aryl methyl sites for hydroxylation is 2. The number of nitrogens with zero attached hydrogens (tertiary/aromatic N) is 2. The minimum absolute atomic E-state index is 0.501. The number of nitrogens with one attached hydrogen (secondary N) is 1. The molecule has 0 atom stereocenters. The average Bonchev–Trinajstić information content (AvgIpc) is 2.96. The molecule has 0 amide bonds. The number of fused-ring (bicyclic) bond motifs is 1. The lowest BCUT2D eigenvalue weighted by atomic mass is 10.1. The van der Waals surface area contributed by atoms with Crippen LogP contribution >= 0.6 is 0 Å². The lowest BCUT2D eigenvalue weighted by molar-refractivity contribution is 0.0394. The molecule has 0 radical (unpaired) electrons. The number of hydrogen-bond acceptors (Lipinski definition) is 3. The number of hydrogen-bond donors (Lipinski definition) is 2. The SMILES string of the molecule is NC(=NCCN1CCOCC1)Nc1ccc2c(c1)CCC2. The van der Waals surface area contributed by atoms with Crippen molar-refractivity contribution in [3.05, 3.63) is 29.3 Å². The van der Waals surface area contributed by atoms with E-state index in [1.54, 1.807) is 0 Å². The maximum Gasteiger partial charge on any atom is 0.193 e. The molecule has 2 aliphatic rings. The van der Waals surface area contributed by atoms with Crippen molar-refractivity contribution in [3.63, 3.8) is 0 Å². The molecular formula is C16H24N4O. The van der Waals surface area contributed by atoms with Gasteiger partial charge in [0.2, 0.25) is 0 Å². The first-order chi connectivity index (χ1) is 10.3. The highest BCUT2D eigenvalue weighted by atomic mass is 16.5. The fourth-order valence-electron chi connectivity index (χ4n) is 2.97. The molecule has 114 valence electrons. The summed E-state index contributed by atoms with van der Waals surface area (Å²) >= 11 is 0. The third-order valence-electron chi connectivity index (χ3n) is 4.17. The first-order valence-electron chi connectivity index (χ1n) is 7.80. The first-order valence-corrected chi connectivity index (χ1v) is 7.80. The second kappa shape index (κ2) is 6.91. The molecule has 1 aliphatic heterocycles. The third kappa shape index (κ3) is 3.95. The van der Waals surface area contributed by atoms with E-state index in [0.29, 0.717) is 5.96 Å². The molecule has 1 fully saturated rings. The molecule has 1 aromatic carbocycles. The largest absolute Gasteiger partial charge is 0.379 e. The predicted molar refractivity (Wildman–Crippen MR) is 85.8 cm³/mol. The van der Waals surface area contributed by atoms with Gasteiger partial charge in [-0.25, -0.2) is 0 Å². The quantitative estimate of drug-likeness (QED) is 0.646. The van der Waals surface area contributed by atoms with Crippen LogP contribution in [0.3, 0.4) is 0 Å². The van der Waals surface area contributed by atoms with Crippen molar-refractivity contribution < 1.29 is 4.74 Å². The fraction of sp³-hybridized carbons (Fsp3) is 0.562. The molecule has 21 heavy (non-hydrogen) atoms. The summed E-state index contributed by atoms with van der Waals surface area (Å²) in [6.45, 7) is 5.31. The van der Waals surface area contributed by atoms with E-state index >= 15 is 0 Å². The van der Waals surface area contributed by atoms with E-state index in [1.807, 2.05) is 0 Å². The Morgan fingerprint density at radius 3 is 2.90 bits per heavy atom. The van der Waals surface area contributed by atoms with E-state index in [-0.39, 0.29) is 0 Å². The second-order valence-corrected chi connectivity index (χ2v) is 5.68. The zero-order valence-electron chi connectivity index (χ0n) is 12.5. The van der Waals surface area contributed by atoms with Crippen LogP contribution < -0.4 is 11.1 Å². The summed E-state index contributed by atoms with van der Waals surface area (Å²) in [5, 5.41) is 3.19. The zero-order valence-corrected chi connectivity index (χ0v) is 12.5. The van der Waals surface area contributed by atoms with E-state index in [2.05, 4.69) is 33.4 Å². The van der Waals surface area contributed by atoms with Gasteiger partial charge in [0, 0.05) is 25.3 Å². The fourth-order valence-corrected chi connectivity index (χ4v) is 2.97. The van der Waals surface area contributed by atoms with Crippen LogP contribution in [-0.4, -0.2) is 50.3 Å². The molecule has 1 aromatic rings. The van der Waals surface area contributed by atoms with E-state index in [0.717, 1.165) is 45.1 Å². The molecule has 0 bridgehead atoms.